The monoisotopic (exact) mass is 589 g/mol. The first-order valence-corrected chi connectivity index (χ1v) is 13.7. The van der Waals surface area contributed by atoms with E-state index in [1.54, 1.807) is 12.1 Å². The molecule has 1 aromatic rings. The van der Waals surface area contributed by atoms with Crippen LogP contribution in [0.4, 0.5) is 0 Å². The van der Waals surface area contributed by atoms with Gasteiger partial charge in [-0.3, -0.25) is 28.8 Å². The molecule has 0 saturated carbocycles. The van der Waals surface area contributed by atoms with Gasteiger partial charge in [-0.25, -0.2) is 0 Å². The average molecular weight is 590 g/mol. The smallest absolute Gasteiger partial charge is 0.246 e. The van der Waals surface area contributed by atoms with Gasteiger partial charge in [0.1, 0.15) is 29.9 Å². The molecule has 2 fully saturated rings. The number of carbonyl (C=O) groups excluding carboxylic acids is 6. The number of likely N-dealkylation sites (tertiary alicyclic amines) is 2. The minimum absolute atomic E-state index is 0.0409. The largest absolute Gasteiger partial charge is 0.508 e. The number of amides is 6. The van der Waals surface area contributed by atoms with Crippen molar-refractivity contribution in [3.05, 3.63) is 29.8 Å². The first kappa shape index (κ1) is 32.3. The number of aliphatic hydroxyl groups excluding tert-OH is 1. The van der Waals surface area contributed by atoms with E-state index in [2.05, 4.69) is 10.6 Å². The minimum Gasteiger partial charge on any atom is -0.508 e. The Morgan fingerprint density at radius 2 is 1.74 bits per heavy atom. The molecule has 15 heteroatoms. The molecule has 6 amide bonds. The number of aromatic hydroxyl groups is 1. The van der Waals surface area contributed by atoms with E-state index >= 15 is 0 Å². The Kier molecular flexibility index (Phi) is 10.8. The summed E-state index contributed by atoms with van der Waals surface area (Å²) in [7, 11) is 1.38. The summed E-state index contributed by atoms with van der Waals surface area (Å²) in [5.41, 5.74) is 11.4. The third kappa shape index (κ3) is 7.94. The van der Waals surface area contributed by atoms with Crippen molar-refractivity contribution in [3.8, 4) is 5.75 Å². The van der Waals surface area contributed by atoms with Gasteiger partial charge in [0.05, 0.1) is 19.2 Å². The second-order valence-electron chi connectivity index (χ2n) is 10.7. The lowest BCUT2D eigenvalue weighted by Gasteiger charge is -2.32. The second-order valence-corrected chi connectivity index (χ2v) is 10.7. The van der Waals surface area contributed by atoms with Crippen LogP contribution in [0, 0.1) is 0 Å². The van der Waals surface area contributed by atoms with E-state index in [9.17, 15) is 39.0 Å². The Labute approximate surface area is 243 Å². The van der Waals surface area contributed by atoms with Gasteiger partial charge in [0, 0.05) is 33.0 Å². The maximum Gasteiger partial charge on any atom is 0.246 e. The highest BCUT2D eigenvalue weighted by Crippen LogP contribution is 2.26. The number of hydrogen-bond donors (Lipinski definition) is 6. The molecule has 0 aliphatic carbocycles. The van der Waals surface area contributed by atoms with Gasteiger partial charge in [0.2, 0.25) is 35.4 Å². The molecule has 15 nitrogen and oxygen atoms in total. The van der Waals surface area contributed by atoms with Crippen LogP contribution in [0.5, 0.6) is 5.75 Å². The number of primary amides is 1. The first-order valence-electron chi connectivity index (χ1n) is 13.7. The van der Waals surface area contributed by atoms with Crippen molar-refractivity contribution in [2.45, 2.75) is 62.9 Å². The number of nitrogens with two attached hydrogens (primary N) is 2. The number of benzene rings is 1. The van der Waals surface area contributed by atoms with Gasteiger partial charge in [0.25, 0.3) is 0 Å². The lowest BCUT2D eigenvalue weighted by Crippen LogP contribution is -2.56. The van der Waals surface area contributed by atoms with Crippen LogP contribution in [0.3, 0.4) is 0 Å². The molecular formula is C27H39N7O8. The summed E-state index contributed by atoms with van der Waals surface area (Å²) in [6.45, 7) is 0.862. The van der Waals surface area contributed by atoms with E-state index in [4.69, 9.17) is 11.5 Å². The summed E-state index contributed by atoms with van der Waals surface area (Å²) in [6.07, 6.45) is -0.0998. The van der Waals surface area contributed by atoms with Crippen LogP contribution in [-0.4, -0.2) is 124 Å². The predicted molar refractivity (Wildman–Crippen MR) is 148 cm³/mol. The summed E-state index contributed by atoms with van der Waals surface area (Å²) in [4.78, 5) is 79.9. The second kappa shape index (κ2) is 14.1. The topological polar surface area (TPSA) is 229 Å². The van der Waals surface area contributed by atoms with Crippen LogP contribution in [0.2, 0.25) is 0 Å². The number of carbonyl (C=O) groups is 6. The maximum absolute atomic E-state index is 13.6. The van der Waals surface area contributed by atoms with Crippen LogP contribution in [0.15, 0.2) is 24.3 Å². The molecule has 0 radical (unpaired) electrons. The summed E-state index contributed by atoms with van der Waals surface area (Å²) in [5.74, 6) is -3.47. The summed E-state index contributed by atoms with van der Waals surface area (Å²) >= 11 is 0. The highest BCUT2D eigenvalue weighted by atomic mass is 16.3. The first-order chi connectivity index (χ1) is 19.8. The van der Waals surface area contributed by atoms with Crippen LogP contribution in [0.25, 0.3) is 0 Å². The fourth-order valence-corrected chi connectivity index (χ4v) is 5.24. The number of nitrogens with zero attached hydrogens (tertiary/aromatic N) is 3. The lowest BCUT2D eigenvalue weighted by molar-refractivity contribution is -0.148. The van der Waals surface area contributed by atoms with Crippen LogP contribution in [-0.2, 0) is 35.2 Å². The standard InChI is InChI=1S/C27H39N7O8/c1-15(30-22(37)12-28)26(41)32(2)14-23(38)34-13-18(36)11-21(34)27(42)33-9-3-4-20(33)25(40)31-19(24(29)39)10-16-5-7-17(35)8-6-16/h5-8,15,18-21,35-36H,3-4,9-14,28H2,1-2H3,(H2,29,39)(H,30,37)(H,31,40)/t15-,18+,19-,20-,21-/m0/s1. The van der Waals surface area contributed by atoms with Gasteiger partial charge in [-0.1, -0.05) is 12.1 Å². The van der Waals surface area contributed by atoms with Crippen molar-refractivity contribution >= 4 is 35.4 Å². The van der Waals surface area contributed by atoms with E-state index in [0.717, 1.165) is 4.90 Å². The molecule has 0 unspecified atom stereocenters. The quantitative estimate of drug-likeness (QED) is 0.152. The van der Waals surface area contributed by atoms with Gasteiger partial charge in [0.15, 0.2) is 0 Å². The average Bonchev–Trinajstić information content (AvgIpc) is 3.60. The van der Waals surface area contributed by atoms with Gasteiger partial charge >= 0.3 is 0 Å². The van der Waals surface area contributed by atoms with E-state index in [0.29, 0.717) is 18.4 Å². The van der Waals surface area contributed by atoms with E-state index < -0.39 is 72.3 Å². The molecular weight excluding hydrogens is 550 g/mol. The van der Waals surface area contributed by atoms with Crippen molar-refractivity contribution < 1.29 is 39.0 Å². The molecule has 2 aliphatic rings. The molecule has 2 heterocycles. The number of β-amino-alcohol motifs (C(OH)–C–C–N with tert-alkyl or cyclic N) is 1. The summed E-state index contributed by atoms with van der Waals surface area (Å²) in [6, 6.07) is 2.14. The molecule has 2 saturated heterocycles. The Morgan fingerprint density at radius 1 is 1.07 bits per heavy atom. The van der Waals surface area contributed by atoms with Crippen LogP contribution >= 0.6 is 0 Å². The lowest BCUT2D eigenvalue weighted by atomic mass is 10.0. The number of likely N-dealkylation sites (N-methyl/N-ethyl adjacent to an activating group) is 1. The molecule has 42 heavy (non-hydrogen) atoms. The van der Waals surface area contributed by atoms with Crippen molar-refractivity contribution in [2.75, 3.05) is 33.2 Å². The van der Waals surface area contributed by atoms with E-state index in [-0.39, 0.29) is 38.2 Å². The molecule has 0 aromatic heterocycles. The number of phenolic OH excluding ortho intramolecular Hbond substituents is 1. The maximum atomic E-state index is 13.6. The third-order valence-electron chi connectivity index (χ3n) is 7.44. The molecule has 230 valence electrons. The van der Waals surface area contributed by atoms with E-state index in [1.807, 2.05) is 0 Å². The molecule has 8 N–H and O–H groups in total. The Morgan fingerprint density at radius 3 is 2.36 bits per heavy atom. The molecule has 1 aromatic carbocycles. The molecule has 0 spiro atoms. The number of aliphatic hydroxyl groups is 1. The third-order valence-corrected chi connectivity index (χ3v) is 7.44. The molecule has 2 aliphatic heterocycles. The number of nitrogens with one attached hydrogen (secondary N) is 2. The number of phenols is 1. The fourth-order valence-electron chi connectivity index (χ4n) is 5.24. The summed E-state index contributed by atoms with van der Waals surface area (Å²) < 4.78 is 0. The zero-order valence-corrected chi connectivity index (χ0v) is 23.7. The van der Waals surface area contributed by atoms with Crippen molar-refractivity contribution in [1.29, 1.82) is 0 Å². The van der Waals surface area contributed by atoms with Crippen molar-refractivity contribution in [1.82, 2.24) is 25.3 Å². The number of hydrogen-bond acceptors (Lipinski definition) is 9. The van der Waals surface area contributed by atoms with Crippen molar-refractivity contribution in [2.24, 2.45) is 11.5 Å². The van der Waals surface area contributed by atoms with Crippen molar-refractivity contribution in [3.63, 3.8) is 0 Å². The Balaban J connectivity index is 1.66. The van der Waals surface area contributed by atoms with Gasteiger partial charge < -0.3 is 47.0 Å². The highest BCUT2D eigenvalue weighted by Gasteiger charge is 2.45. The predicted octanol–water partition coefficient (Wildman–Crippen LogP) is -3.22. The molecule has 3 rings (SSSR count). The van der Waals surface area contributed by atoms with E-state index in [1.165, 1.54) is 35.9 Å². The zero-order valence-electron chi connectivity index (χ0n) is 23.7. The molecule has 0 bridgehead atoms. The normalized spacial score (nSPS) is 21.4. The summed E-state index contributed by atoms with van der Waals surface area (Å²) in [5, 5.41) is 24.9. The van der Waals surface area contributed by atoms with Gasteiger partial charge in [-0.2, -0.15) is 0 Å². The Bertz CT molecular complexity index is 1190. The highest BCUT2D eigenvalue weighted by molar-refractivity contribution is 5.96. The van der Waals surface area contributed by atoms with Crippen LogP contribution < -0.4 is 22.1 Å². The zero-order chi connectivity index (χ0) is 31.1. The van der Waals surface area contributed by atoms with Gasteiger partial charge in [-0.15, -0.1) is 0 Å². The SMILES string of the molecule is C[C@H](NC(=O)CN)C(=O)N(C)CC(=O)N1C[C@H](O)C[C@H]1C(=O)N1CCC[C@H]1C(=O)N[C@@H](Cc1ccc(O)cc1)C(N)=O. The fraction of sp³-hybridized carbons (Fsp3) is 0.556. The number of rotatable bonds is 11. The van der Waals surface area contributed by atoms with Gasteiger partial charge in [-0.05, 0) is 37.5 Å². The molecule has 5 atom stereocenters. The van der Waals surface area contributed by atoms with Crippen LogP contribution in [0.1, 0.15) is 31.7 Å². The minimum atomic E-state index is -1.06. The Hall–Kier alpha value is -4.24.